The number of rotatable bonds is 3. The molecule has 0 radical (unpaired) electrons. The Balaban J connectivity index is 1.50. The number of likely N-dealkylation sites (tertiary alicyclic amines) is 1. The number of amides is 2. The van der Waals surface area contributed by atoms with E-state index in [9.17, 15) is 14.7 Å². The molecule has 1 aromatic heterocycles. The van der Waals surface area contributed by atoms with Crippen molar-refractivity contribution >= 4 is 11.8 Å². The van der Waals surface area contributed by atoms with Crippen molar-refractivity contribution in [1.82, 2.24) is 19.8 Å². The number of fused-ring (bicyclic) bond motifs is 2. The first kappa shape index (κ1) is 19.4. The van der Waals surface area contributed by atoms with Crippen LogP contribution in [0.3, 0.4) is 0 Å². The number of piperidine rings is 1. The number of hydrogen-bond donors (Lipinski definition) is 2. The molecule has 154 valence electrons. The lowest BCUT2D eigenvalue weighted by Gasteiger charge is -2.50. The van der Waals surface area contributed by atoms with Crippen molar-refractivity contribution in [2.45, 2.75) is 56.6 Å². The molecule has 1 saturated heterocycles. The van der Waals surface area contributed by atoms with Gasteiger partial charge in [0.05, 0.1) is 23.7 Å². The summed E-state index contributed by atoms with van der Waals surface area (Å²) in [5.41, 5.74) is 1.60. The lowest BCUT2D eigenvalue weighted by atomic mass is 9.78. The molecule has 3 aliphatic rings. The van der Waals surface area contributed by atoms with Gasteiger partial charge in [-0.15, -0.1) is 0 Å². The number of aliphatic hydroxyl groups is 1. The molecule has 0 aromatic carbocycles. The molecule has 8 heteroatoms. The van der Waals surface area contributed by atoms with E-state index in [1.807, 2.05) is 9.80 Å². The van der Waals surface area contributed by atoms with Crippen molar-refractivity contribution in [3.63, 3.8) is 0 Å². The van der Waals surface area contributed by atoms with Gasteiger partial charge in [0, 0.05) is 44.8 Å². The van der Waals surface area contributed by atoms with E-state index in [1.54, 1.807) is 6.33 Å². The second kappa shape index (κ2) is 7.83. The minimum atomic E-state index is -0.456. The number of ether oxygens (including phenoxy) is 1. The average Bonchev–Trinajstić information content (AvgIpc) is 3.19. The maximum atomic E-state index is 13.0. The van der Waals surface area contributed by atoms with Crippen molar-refractivity contribution in [2.24, 2.45) is 5.92 Å². The topological polar surface area (TPSA) is 98.8 Å². The Morgan fingerprint density at radius 1 is 1.25 bits per heavy atom. The molecular weight excluding hydrogens is 360 g/mol. The highest BCUT2D eigenvalue weighted by molar-refractivity contribution is 5.80. The van der Waals surface area contributed by atoms with E-state index < -0.39 is 5.54 Å². The van der Waals surface area contributed by atoms with Crippen LogP contribution in [0.15, 0.2) is 6.33 Å². The number of aromatic amines is 1. The smallest absolute Gasteiger partial charge is 0.249 e. The van der Waals surface area contributed by atoms with Gasteiger partial charge < -0.3 is 24.6 Å². The summed E-state index contributed by atoms with van der Waals surface area (Å²) in [5, 5.41) is 9.70. The van der Waals surface area contributed by atoms with Crippen LogP contribution < -0.4 is 0 Å². The van der Waals surface area contributed by atoms with Gasteiger partial charge in [0.2, 0.25) is 11.8 Å². The minimum Gasteiger partial charge on any atom is -0.393 e. The fourth-order valence-corrected chi connectivity index (χ4v) is 5.23. The van der Waals surface area contributed by atoms with Gasteiger partial charge in [-0.25, -0.2) is 4.98 Å². The first-order valence-corrected chi connectivity index (χ1v) is 10.3. The van der Waals surface area contributed by atoms with Gasteiger partial charge in [-0.1, -0.05) is 0 Å². The Bertz CT molecular complexity index is 718. The summed E-state index contributed by atoms with van der Waals surface area (Å²) < 4.78 is 5.10. The van der Waals surface area contributed by atoms with E-state index in [0.29, 0.717) is 45.3 Å². The number of nitrogens with zero attached hydrogens (tertiary/aromatic N) is 3. The minimum absolute atomic E-state index is 0.0165. The van der Waals surface area contributed by atoms with Crippen LogP contribution in [0.4, 0.5) is 0 Å². The molecule has 2 fully saturated rings. The Morgan fingerprint density at radius 3 is 2.64 bits per heavy atom. The molecule has 2 N–H and O–H groups in total. The van der Waals surface area contributed by atoms with Crippen LogP contribution in [-0.4, -0.2) is 76.1 Å². The van der Waals surface area contributed by atoms with Gasteiger partial charge in [0.1, 0.15) is 6.61 Å². The Kier molecular flexibility index (Phi) is 5.42. The number of carbonyl (C=O) groups excluding carboxylic acids is 2. The van der Waals surface area contributed by atoms with Crippen LogP contribution in [0.5, 0.6) is 0 Å². The maximum Gasteiger partial charge on any atom is 0.249 e. The molecule has 2 aliphatic heterocycles. The summed E-state index contributed by atoms with van der Waals surface area (Å²) in [7, 11) is 1.54. The number of H-pyrrole nitrogens is 1. The van der Waals surface area contributed by atoms with Crippen LogP contribution in [0, 0.1) is 5.92 Å². The number of aromatic nitrogens is 2. The molecule has 8 nitrogen and oxygen atoms in total. The van der Waals surface area contributed by atoms with E-state index in [4.69, 9.17) is 4.74 Å². The molecule has 2 amide bonds. The number of carbonyl (C=O) groups is 2. The molecule has 0 unspecified atom stereocenters. The Morgan fingerprint density at radius 2 is 1.96 bits per heavy atom. The zero-order valence-electron chi connectivity index (χ0n) is 16.5. The summed E-state index contributed by atoms with van der Waals surface area (Å²) >= 11 is 0. The van der Waals surface area contributed by atoms with E-state index in [1.165, 1.54) is 7.11 Å². The molecule has 0 bridgehead atoms. The molecule has 3 heterocycles. The largest absolute Gasteiger partial charge is 0.393 e. The van der Waals surface area contributed by atoms with Crippen LogP contribution in [0.25, 0.3) is 0 Å². The van der Waals surface area contributed by atoms with Crippen molar-refractivity contribution in [3.05, 3.63) is 17.7 Å². The first-order valence-electron chi connectivity index (χ1n) is 10.3. The van der Waals surface area contributed by atoms with E-state index in [-0.39, 0.29) is 30.4 Å². The number of aliphatic hydroxyl groups excluding tert-OH is 1. The molecule has 1 aromatic rings. The average molecular weight is 390 g/mol. The molecule has 1 spiro atoms. The Labute approximate surface area is 165 Å². The van der Waals surface area contributed by atoms with E-state index in [2.05, 4.69) is 9.97 Å². The predicted octanol–water partition coefficient (Wildman–Crippen LogP) is 0.810. The summed E-state index contributed by atoms with van der Waals surface area (Å²) in [6.45, 7) is 1.96. The third-order valence-electron chi connectivity index (χ3n) is 6.78. The maximum absolute atomic E-state index is 13.0. The highest BCUT2D eigenvalue weighted by Crippen LogP contribution is 2.42. The SMILES string of the molecule is COCC(=O)N1CCc2[nH]cnc2C12CCN(C(=O)C1CCC(O)CC1)CC2. The summed E-state index contributed by atoms with van der Waals surface area (Å²) in [6.07, 6.45) is 6.57. The fourth-order valence-electron chi connectivity index (χ4n) is 5.23. The summed E-state index contributed by atoms with van der Waals surface area (Å²) in [6, 6.07) is 0. The predicted molar refractivity (Wildman–Crippen MR) is 101 cm³/mol. The highest BCUT2D eigenvalue weighted by Gasteiger charge is 2.49. The van der Waals surface area contributed by atoms with Gasteiger partial charge in [-0.3, -0.25) is 9.59 Å². The van der Waals surface area contributed by atoms with Crippen molar-refractivity contribution in [3.8, 4) is 0 Å². The zero-order valence-corrected chi connectivity index (χ0v) is 16.5. The molecule has 1 aliphatic carbocycles. The van der Waals surface area contributed by atoms with E-state index >= 15 is 0 Å². The third kappa shape index (κ3) is 3.33. The highest BCUT2D eigenvalue weighted by atomic mass is 16.5. The normalized spacial score (nSPS) is 26.9. The standard InChI is InChI=1S/C20H30N4O4/c1-28-12-17(26)24-9-6-16-18(22-13-21-16)20(24)7-10-23(11-8-20)19(27)14-2-4-15(25)5-3-14/h13-15,25H,2-12H2,1H3,(H,21,22). The van der Waals surface area contributed by atoms with Gasteiger partial charge >= 0.3 is 0 Å². The van der Waals surface area contributed by atoms with Crippen LogP contribution in [0.1, 0.15) is 49.9 Å². The molecule has 0 atom stereocenters. The fraction of sp³-hybridized carbons (Fsp3) is 0.750. The van der Waals surface area contributed by atoms with Crippen LogP contribution in [-0.2, 0) is 26.3 Å². The number of imidazole rings is 1. The lowest BCUT2D eigenvalue weighted by molar-refractivity contribution is -0.149. The summed E-state index contributed by atoms with van der Waals surface area (Å²) in [4.78, 5) is 37.4. The molecule has 4 rings (SSSR count). The van der Waals surface area contributed by atoms with Crippen molar-refractivity contribution in [2.75, 3.05) is 33.4 Å². The molecular formula is C20H30N4O4. The van der Waals surface area contributed by atoms with E-state index in [0.717, 1.165) is 30.7 Å². The van der Waals surface area contributed by atoms with Gasteiger partial charge in [-0.05, 0) is 38.5 Å². The second-order valence-electron chi connectivity index (χ2n) is 8.32. The van der Waals surface area contributed by atoms with Gasteiger partial charge in [0.15, 0.2) is 0 Å². The number of nitrogens with one attached hydrogen (secondary N) is 1. The first-order chi connectivity index (χ1) is 13.5. The summed E-state index contributed by atoms with van der Waals surface area (Å²) in [5.74, 6) is 0.211. The van der Waals surface area contributed by atoms with Crippen molar-refractivity contribution < 1.29 is 19.4 Å². The van der Waals surface area contributed by atoms with Crippen LogP contribution in [0.2, 0.25) is 0 Å². The van der Waals surface area contributed by atoms with Crippen molar-refractivity contribution in [1.29, 1.82) is 0 Å². The second-order valence-corrected chi connectivity index (χ2v) is 8.32. The van der Waals surface area contributed by atoms with Gasteiger partial charge in [-0.2, -0.15) is 0 Å². The lowest BCUT2D eigenvalue weighted by Crippen LogP contribution is -2.60. The molecule has 28 heavy (non-hydrogen) atoms. The monoisotopic (exact) mass is 390 g/mol. The third-order valence-corrected chi connectivity index (χ3v) is 6.78. The quantitative estimate of drug-likeness (QED) is 0.796. The number of methoxy groups -OCH3 is 1. The Hall–Kier alpha value is -1.93. The molecule has 1 saturated carbocycles. The van der Waals surface area contributed by atoms with Gasteiger partial charge in [0.25, 0.3) is 0 Å². The zero-order chi connectivity index (χ0) is 19.7. The van der Waals surface area contributed by atoms with Crippen LogP contribution >= 0.6 is 0 Å². The number of hydrogen-bond acceptors (Lipinski definition) is 5.